The van der Waals surface area contributed by atoms with Crippen molar-refractivity contribution in [3.05, 3.63) is 43.7 Å². The molecule has 1 N–H and O–H groups in total. The molecule has 0 bridgehead atoms. The molecule has 1 atom stereocenters. The van der Waals surface area contributed by atoms with E-state index in [9.17, 15) is 0 Å². The summed E-state index contributed by atoms with van der Waals surface area (Å²) in [6.07, 6.45) is 0. The SMILES string of the molecule is [N-]=[N+]=NC(CO)c1ccc(Cl)c(Br)c1. The first-order valence-corrected chi connectivity index (χ1v) is 4.96. The van der Waals surface area contributed by atoms with Crippen LogP contribution >= 0.6 is 27.5 Å². The molecule has 4 nitrogen and oxygen atoms in total. The summed E-state index contributed by atoms with van der Waals surface area (Å²) in [5.74, 6) is 0. The largest absolute Gasteiger partial charge is 0.396 e. The minimum atomic E-state index is -0.562. The second-order valence-corrected chi connectivity index (χ2v) is 3.84. The predicted molar refractivity (Wildman–Crippen MR) is 58.1 cm³/mol. The summed E-state index contributed by atoms with van der Waals surface area (Å²) in [6.45, 7) is -0.224. The highest BCUT2D eigenvalue weighted by molar-refractivity contribution is 9.10. The Bertz CT molecular complexity index is 379. The monoisotopic (exact) mass is 275 g/mol. The number of hydrogen-bond acceptors (Lipinski definition) is 2. The Labute approximate surface area is 94.3 Å². The van der Waals surface area contributed by atoms with Gasteiger partial charge in [-0.05, 0) is 39.2 Å². The lowest BCUT2D eigenvalue weighted by molar-refractivity contribution is 0.268. The smallest absolute Gasteiger partial charge is 0.0856 e. The summed E-state index contributed by atoms with van der Waals surface area (Å²) in [7, 11) is 0. The third-order valence-corrected chi connectivity index (χ3v) is 2.91. The van der Waals surface area contributed by atoms with Gasteiger partial charge in [0.05, 0.1) is 17.7 Å². The number of benzene rings is 1. The van der Waals surface area contributed by atoms with Crippen molar-refractivity contribution < 1.29 is 5.11 Å². The molecule has 0 radical (unpaired) electrons. The number of aliphatic hydroxyl groups excluding tert-OH is 1. The lowest BCUT2D eigenvalue weighted by atomic mass is 10.1. The van der Waals surface area contributed by atoms with Gasteiger partial charge in [0, 0.05) is 9.38 Å². The Morgan fingerprint density at radius 2 is 2.36 bits per heavy atom. The fraction of sp³-hybridized carbons (Fsp3) is 0.250. The van der Waals surface area contributed by atoms with Crippen molar-refractivity contribution >= 4 is 27.5 Å². The Kier molecular flexibility index (Phi) is 4.22. The van der Waals surface area contributed by atoms with Gasteiger partial charge in [0.25, 0.3) is 0 Å². The van der Waals surface area contributed by atoms with Crippen LogP contribution in [0.25, 0.3) is 10.4 Å². The molecule has 0 spiro atoms. The third-order valence-electron chi connectivity index (χ3n) is 1.69. The number of halogens is 2. The van der Waals surface area contributed by atoms with Crippen LogP contribution in [-0.4, -0.2) is 11.7 Å². The third kappa shape index (κ3) is 2.62. The van der Waals surface area contributed by atoms with E-state index in [1.807, 2.05) is 0 Å². The van der Waals surface area contributed by atoms with Crippen LogP contribution in [0.4, 0.5) is 0 Å². The molecule has 0 aromatic heterocycles. The number of aliphatic hydroxyl groups is 1. The van der Waals surface area contributed by atoms with E-state index in [-0.39, 0.29) is 6.61 Å². The van der Waals surface area contributed by atoms with Gasteiger partial charge in [0.1, 0.15) is 0 Å². The summed E-state index contributed by atoms with van der Waals surface area (Å²) in [5, 5.41) is 13.0. The van der Waals surface area contributed by atoms with E-state index in [0.29, 0.717) is 9.50 Å². The summed E-state index contributed by atoms with van der Waals surface area (Å²) < 4.78 is 0.711. The second kappa shape index (κ2) is 5.22. The van der Waals surface area contributed by atoms with Gasteiger partial charge < -0.3 is 5.11 Å². The van der Waals surface area contributed by atoms with Gasteiger partial charge in [-0.15, -0.1) is 0 Å². The van der Waals surface area contributed by atoms with Gasteiger partial charge in [-0.25, -0.2) is 0 Å². The molecule has 0 fully saturated rings. The number of hydrogen-bond donors (Lipinski definition) is 1. The quantitative estimate of drug-likeness (QED) is 0.513. The van der Waals surface area contributed by atoms with Gasteiger partial charge in [0.2, 0.25) is 0 Å². The van der Waals surface area contributed by atoms with Crippen LogP contribution in [0.1, 0.15) is 11.6 Å². The zero-order valence-electron chi connectivity index (χ0n) is 7.06. The minimum absolute atomic E-state index is 0.224. The summed E-state index contributed by atoms with van der Waals surface area (Å²) in [6, 6.07) is 4.55. The molecule has 1 aromatic carbocycles. The molecule has 14 heavy (non-hydrogen) atoms. The molecule has 1 unspecified atom stereocenters. The zero-order valence-corrected chi connectivity index (χ0v) is 9.40. The van der Waals surface area contributed by atoms with Crippen LogP contribution < -0.4 is 0 Å². The highest BCUT2D eigenvalue weighted by atomic mass is 79.9. The maximum atomic E-state index is 8.96. The fourth-order valence-corrected chi connectivity index (χ4v) is 1.50. The van der Waals surface area contributed by atoms with E-state index < -0.39 is 6.04 Å². The van der Waals surface area contributed by atoms with E-state index in [0.717, 1.165) is 5.56 Å². The van der Waals surface area contributed by atoms with E-state index >= 15 is 0 Å². The van der Waals surface area contributed by atoms with Gasteiger partial charge in [0.15, 0.2) is 0 Å². The molecule has 0 saturated heterocycles. The van der Waals surface area contributed by atoms with E-state index in [4.69, 9.17) is 22.2 Å². The van der Waals surface area contributed by atoms with Crippen molar-refractivity contribution in [3.8, 4) is 0 Å². The van der Waals surface area contributed by atoms with Crippen LogP contribution in [0.2, 0.25) is 5.02 Å². The van der Waals surface area contributed by atoms with E-state index in [2.05, 4.69) is 26.0 Å². The van der Waals surface area contributed by atoms with Crippen molar-refractivity contribution in [1.82, 2.24) is 0 Å². The van der Waals surface area contributed by atoms with E-state index in [1.54, 1.807) is 18.2 Å². The van der Waals surface area contributed by atoms with Crippen molar-refractivity contribution in [2.24, 2.45) is 5.11 Å². The highest BCUT2D eigenvalue weighted by Crippen LogP contribution is 2.27. The molecule has 1 aromatic rings. The van der Waals surface area contributed by atoms with Gasteiger partial charge in [-0.1, -0.05) is 22.8 Å². The van der Waals surface area contributed by atoms with Gasteiger partial charge >= 0.3 is 0 Å². The van der Waals surface area contributed by atoms with Crippen molar-refractivity contribution in [1.29, 1.82) is 0 Å². The summed E-state index contributed by atoms with van der Waals surface area (Å²) >= 11 is 9.04. The molecule has 0 aliphatic carbocycles. The number of nitrogens with zero attached hydrogens (tertiary/aromatic N) is 3. The molecule has 0 amide bonds. The average Bonchev–Trinajstić information content (AvgIpc) is 2.19. The molecule has 0 aliphatic heterocycles. The molecule has 6 heteroatoms. The van der Waals surface area contributed by atoms with Crippen LogP contribution in [0.5, 0.6) is 0 Å². The van der Waals surface area contributed by atoms with Crippen molar-refractivity contribution in [3.63, 3.8) is 0 Å². The Balaban J connectivity index is 3.05. The van der Waals surface area contributed by atoms with Crippen molar-refractivity contribution in [2.75, 3.05) is 6.61 Å². The van der Waals surface area contributed by atoms with Crippen LogP contribution in [-0.2, 0) is 0 Å². The van der Waals surface area contributed by atoms with E-state index in [1.165, 1.54) is 0 Å². The second-order valence-electron chi connectivity index (χ2n) is 2.58. The maximum Gasteiger partial charge on any atom is 0.0856 e. The first-order valence-electron chi connectivity index (χ1n) is 3.79. The molecule has 74 valence electrons. The Morgan fingerprint density at radius 3 is 2.86 bits per heavy atom. The molecular weight excluding hydrogens is 269 g/mol. The van der Waals surface area contributed by atoms with Crippen LogP contribution in [0, 0.1) is 0 Å². The normalized spacial score (nSPS) is 11.9. The molecule has 0 heterocycles. The first-order chi connectivity index (χ1) is 6.69. The van der Waals surface area contributed by atoms with Crippen LogP contribution in [0.15, 0.2) is 27.8 Å². The number of rotatable bonds is 3. The summed E-state index contributed by atoms with van der Waals surface area (Å²) in [5.41, 5.74) is 8.99. The highest BCUT2D eigenvalue weighted by Gasteiger charge is 2.09. The molecule has 1 rings (SSSR count). The zero-order chi connectivity index (χ0) is 10.6. The molecule has 0 aliphatic rings. The first kappa shape index (κ1) is 11.3. The Morgan fingerprint density at radius 1 is 1.64 bits per heavy atom. The minimum Gasteiger partial charge on any atom is -0.396 e. The fourth-order valence-electron chi connectivity index (χ4n) is 0.991. The van der Waals surface area contributed by atoms with Crippen LogP contribution in [0.3, 0.4) is 0 Å². The average molecular weight is 277 g/mol. The summed E-state index contributed by atoms with van der Waals surface area (Å²) in [4.78, 5) is 2.65. The van der Waals surface area contributed by atoms with Crippen molar-refractivity contribution in [2.45, 2.75) is 6.04 Å². The lowest BCUT2D eigenvalue weighted by Crippen LogP contribution is -1.99. The maximum absolute atomic E-state index is 8.96. The van der Waals surface area contributed by atoms with Gasteiger partial charge in [-0.3, -0.25) is 0 Å². The predicted octanol–water partition coefficient (Wildman–Crippen LogP) is 3.45. The topological polar surface area (TPSA) is 69.0 Å². The Hall–Kier alpha value is -0.740. The molecular formula is C8H7BrClN3O. The standard InChI is InChI=1S/C8H7BrClN3O/c9-6-3-5(1-2-7(6)10)8(4-14)12-13-11/h1-3,8,14H,4H2. The molecule has 0 saturated carbocycles. The number of azide groups is 1. The van der Waals surface area contributed by atoms with Gasteiger partial charge in [-0.2, -0.15) is 0 Å². The lowest BCUT2D eigenvalue weighted by Gasteiger charge is -2.08.